The van der Waals surface area contributed by atoms with Crippen LogP contribution in [0.25, 0.3) is 5.69 Å². The molecule has 0 unspecified atom stereocenters. The van der Waals surface area contributed by atoms with Crippen LogP contribution in [-0.4, -0.2) is 15.5 Å². The predicted octanol–water partition coefficient (Wildman–Crippen LogP) is 4.19. The smallest absolute Gasteiger partial charge is 0.257 e. The zero-order valence-corrected chi connectivity index (χ0v) is 13.8. The lowest BCUT2D eigenvalue weighted by Crippen LogP contribution is -2.14. The van der Waals surface area contributed by atoms with Crippen LogP contribution in [0.2, 0.25) is 0 Å². The number of benzene rings is 1. The third-order valence-electron chi connectivity index (χ3n) is 4.03. The normalized spacial score (nSPS) is 10.7. The van der Waals surface area contributed by atoms with Gasteiger partial charge in [0.15, 0.2) is 0 Å². The molecule has 2 heterocycles. The first-order chi connectivity index (χ1) is 11.5. The summed E-state index contributed by atoms with van der Waals surface area (Å²) in [5, 5.41) is 2.92. The van der Waals surface area contributed by atoms with Gasteiger partial charge in [-0.2, -0.15) is 0 Å². The Balaban J connectivity index is 1.95. The highest BCUT2D eigenvalue weighted by molar-refractivity contribution is 6.05. The van der Waals surface area contributed by atoms with Crippen LogP contribution >= 0.6 is 0 Å². The monoisotopic (exact) mass is 323 g/mol. The number of carbonyl (C=O) groups is 1. The Morgan fingerprint density at radius 3 is 2.50 bits per heavy atom. The third kappa shape index (κ3) is 2.93. The minimum absolute atomic E-state index is 0.175. The van der Waals surface area contributed by atoms with E-state index < -0.39 is 0 Å². The summed E-state index contributed by atoms with van der Waals surface area (Å²) in [6.45, 7) is 5.69. The number of hydrogen-bond acceptors (Lipinski definition) is 2. The number of pyridine rings is 1. The number of anilines is 1. The van der Waals surface area contributed by atoms with Crippen LogP contribution in [0.15, 0.2) is 48.8 Å². The summed E-state index contributed by atoms with van der Waals surface area (Å²) in [6.07, 6.45) is 3.35. The maximum absolute atomic E-state index is 13.1. The topological polar surface area (TPSA) is 46.9 Å². The van der Waals surface area contributed by atoms with E-state index in [2.05, 4.69) is 10.3 Å². The van der Waals surface area contributed by atoms with E-state index in [0.717, 1.165) is 28.3 Å². The van der Waals surface area contributed by atoms with E-state index in [4.69, 9.17) is 0 Å². The van der Waals surface area contributed by atoms with Gasteiger partial charge in [-0.05, 0) is 62.7 Å². The SMILES string of the molecule is Cc1cnccc1NC(=O)c1cc(C)n(-c2ccc(F)cc2)c1C. The first kappa shape index (κ1) is 15.9. The van der Waals surface area contributed by atoms with Gasteiger partial charge in [-0.25, -0.2) is 4.39 Å². The molecule has 122 valence electrons. The largest absolute Gasteiger partial charge is 0.322 e. The van der Waals surface area contributed by atoms with E-state index in [1.807, 2.05) is 31.4 Å². The molecule has 5 heteroatoms. The highest BCUT2D eigenvalue weighted by atomic mass is 19.1. The number of aryl methyl sites for hydroxylation is 2. The second kappa shape index (κ2) is 6.28. The average molecular weight is 323 g/mol. The van der Waals surface area contributed by atoms with Gasteiger partial charge < -0.3 is 9.88 Å². The van der Waals surface area contributed by atoms with Gasteiger partial charge in [-0.1, -0.05) is 0 Å². The van der Waals surface area contributed by atoms with Gasteiger partial charge >= 0.3 is 0 Å². The molecule has 3 rings (SSSR count). The number of hydrogen-bond donors (Lipinski definition) is 1. The second-order valence-corrected chi connectivity index (χ2v) is 5.74. The number of rotatable bonds is 3. The molecule has 1 amide bonds. The van der Waals surface area contributed by atoms with Crippen LogP contribution in [0.5, 0.6) is 0 Å². The van der Waals surface area contributed by atoms with Crippen molar-refractivity contribution < 1.29 is 9.18 Å². The van der Waals surface area contributed by atoms with E-state index in [9.17, 15) is 9.18 Å². The summed E-state index contributed by atoms with van der Waals surface area (Å²) < 4.78 is 15.1. The summed E-state index contributed by atoms with van der Waals surface area (Å²) >= 11 is 0. The molecule has 0 fully saturated rings. The molecule has 24 heavy (non-hydrogen) atoms. The van der Waals surface area contributed by atoms with Crippen LogP contribution in [0.3, 0.4) is 0 Å². The summed E-state index contributed by atoms with van der Waals surface area (Å²) in [5.74, 6) is -0.460. The van der Waals surface area contributed by atoms with Crippen molar-refractivity contribution in [3.05, 3.63) is 77.1 Å². The lowest BCUT2D eigenvalue weighted by atomic mass is 10.2. The molecule has 0 saturated heterocycles. The number of amides is 1. The number of nitrogens with one attached hydrogen (secondary N) is 1. The predicted molar refractivity (Wildman–Crippen MR) is 92.1 cm³/mol. The fourth-order valence-corrected chi connectivity index (χ4v) is 2.78. The van der Waals surface area contributed by atoms with E-state index in [1.165, 1.54) is 12.1 Å². The Morgan fingerprint density at radius 1 is 1.12 bits per heavy atom. The molecule has 0 radical (unpaired) electrons. The molecule has 1 aromatic carbocycles. The molecule has 0 aliphatic heterocycles. The summed E-state index contributed by atoms with van der Waals surface area (Å²) in [4.78, 5) is 16.7. The van der Waals surface area contributed by atoms with Crippen molar-refractivity contribution in [2.75, 3.05) is 5.32 Å². The molecule has 0 atom stereocenters. The maximum Gasteiger partial charge on any atom is 0.257 e. The van der Waals surface area contributed by atoms with Gasteiger partial charge in [-0.3, -0.25) is 9.78 Å². The van der Waals surface area contributed by atoms with Gasteiger partial charge in [-0.15, -0.1) is 0 Å². The van der Waals surface area contributed by atoms with E-state index in [0.29, 0.717) is 5.56 Å². The number of carbonyl (C=O) groups excluding carboxylic acids is 1. The first-order valence-corrected chi connectivity index (χ1v) is 7.64. The molecule has 0 bridgehead atoms. The second-order valence-electron chi connectivity index (χ2n) is 5.74. The standard InChI is InChI=1S/C19H18FN3O/c1-12-11-21-9-8-18(12)22-19(24)17-10-13(2)23(14(17)3)16-6-4-15(20)5-7-16/h4-11H,1-3H3,(H,21,22,24). The molecule has 2 aromatic heterocycles. The number of nitrogens with zero attached hydrogens (tertiary/aromatic N) is 2. The molecule has 0 saturated carbocycles. The minimum Gasteiger partial charge on any atom is -0.322 e. The third-order valence-corrected chi connectivity index (χ3v) is 4.03. The molecule has 4 nitrogen and oxygen atoms in total. The van der Waals surface area contributed by atoms with Gasteiger partial charge in [0.05, 0.1) is 5.56 Å². The van der Waals surface area contributed by atoms with Crippen molar-refractivity contribution >= 4 is 11.6 Å². The molecule has 0 aliphatic carbocycles. The van der Waals surface area contributed by atoms with Crippen molar-refractivity contribution in [1.29, 1.82) is 0 Å². The van der Waals surface area contributed by atoms with E-state index in [1.54, 1.807) is 30.6 Å². The van der Waals surface area contributed by atoms with Crippen molar-refractivity contribution in [3.63, 3.8) is 0 Å². The highest BCUT2D eigenvalue weighted by Gasteiger charge is 2.17. The Labute approximate surface area is 140 Å². The number of halogens is 1. The summed E-state index contributed by atoms with van der Waals surface area (Å²) in [7, 11) is 0. The van der Waals surface area contributed by atoms with Crippen LogP contribution in [-0.2, 0) is 0 Å². The Morgan fingerprint density at radius 2 is 1.83 bits per heavy atom. The van der Waals surface area contributed by atoms with Crippen LogP contribution in [0.4, 0.5) is 10.1 Å². The van der Waals surface area contributed by atoms with E-state index in [-0.39, 0.29) is 11.7 Å². The van der Waals surface area contributed by atoms with Gasteiger partial charge in [0.1, 0.15) is 5.82 Å². The van der Waals surface area contributed by atoms with E-state index >= 15 is 0 Å². The maximum atomic E-state index is 13.1. The highest BCUT2D eigenvalue weighted by Crippen LogP contribution is 2.22. The van der Waals surface area contributed by atoms with Crippen molar-refractivity contribution in [2.45, 2.75) is 20.8 Å². The molecule has 0 aliphatic rings. The van der Waals surface area contributed by atoms with Crippen LogP contribution < -0.4 is 5.32 Å². The summed E-state index contributed by atoms with van der Waals surface area (Å²) in [5.41, 5.74) is 4.78. The van der Waals surface area contributed by atoms with Crippen LogP contribution in [0, 0.1) is 26.6 Å². The number of aromatic nitrogens is 2. The van der Waals surface area contributed by atoms with Crippen molar-refractivity contribution in [2.24, 2.45) is 0 Å². The van der Waals surface area contributed by atoms with Gasteiger partial charge in [0, 0.05) is 35.2 Å². The summed E-state index contributed by atoms with van der Waals surface area (Å²) in [6, 6.07) is 9.83. The Kier molecular flexibility index (Phi) is 4.16. The molecular weight excluding hydrogens is 305 g/mol. The van der Waals surface area contributed by atoms with Crippen molar-refractivity contribution in [1.82, 2.24) is 9.55 Å². The zero-order valence-electron chi connectivity index (χ0n) is 13.8. The lowest BCUT2D eigenvalue weighted by Gasteiger charge is -2.10. The van der Waals surface area contributed by atoms with Gasteiger partial charge in [0.25, 0.3) is 5.91 Å². The molecule has 1 N–H and O–H groups in total. The Hall–Kier alpha value is -2.95. The first-order valence-electron chi connectivity index (χ1n) is 7.64. The fourth-order valence-electron chi connectivity index (χ4n) is 2.78. The average Bonchev–Trinajstić information content (AvgIpc) is 2.85. The Bertz CT molecular complexity index is 897. The lowest BCUT2D eigenvalue weighted by molar-refractivity contribution is 0.102. The van der Waals surface area contributed by atoms with Crippen molar-refractivity contribution in [3.8, 4) is 5.69 Å². The fraction of sp³-hybridized carbons (Fsp3) is 0.158. The van der Waals surface area contributed by atoms with Gasteiger partial charge in [0.2, 0.25) is 0 Å². The molecule has 3 aromatic rings. The van der Waals surface area contributed by atoms with Crippen LogP contribution in [0.1, 0.15) is 27.3 Å². The minimum atomic E-state index is -0.285. The quantitative estimate of drug-likeness (QED) is 0.785. The molecular formula is C19H18FN3O. The molecule has 0 spiro atoms. The zero-order chi connectivity index (χ0) is 17.3.